The smallest absolute Gasteiger partial charge is 0.387 e. The van der Waals surface area contributed by atoms with Gasteiger partial charge in [0, 0.05) is 20.8 Å². The van der Waals surface area contributed by atoms with Gasteiger partial charge in [-0.15, -0.1) is 13.2 Å². The monoisotopic (exact) mass is 2150 g/mol. The summed E-state index contributed by atoms with van der Waals surface area (Å²) in [6, 6.07) is 42.2. The van der Waals surface area contributed by atoms with Gasteiger partial charge in [0.1, 0.15) is 8.80 Å². The van der Waals surface area contributed by atoms with E-state index in [4.69, 9.17) is 70.6 Å². The summed E-state index contributed by atoms with van der Waals surface area (Å²) in [5.74, 6) is 0. The second-order valence-electron chi connectivity index (χ2n) is 40.9. The Hall–Kier alpha value is 0.522. The van der Waals surface area contributed by atoms with Crippen LogP contribution in [0.2, 0.25) is 307 Å². The lowest BCUT2D eigenvalue weighted by molar-refractivity contribution is 0.242. The summed E-state index contributed by atoms with van der Waals surface area (Å²) in [6.45, 7) is 110. The van der Waals surface area contributed by atoms with E-state index < -0.39 is 216 Å². The Morgan fingerprint density at radius 3 is 0.798 bits per heavy atom. The molecule has 4 rings (SSSR count). The first-order valence-electron chi connectivity index (χ1n) is 44.3. The minimum Gasteiger partial charge on any atom is -0.530 e. The zero-order valence-electron chi connectivity index (χ0n) is 86.4. The summed E-state index contributed by atoms with van der Waals surface area (Å²) in [5.41, 5.74) is 0. The first-order valence-corrected chi connectivity index (χ1v) is 113. The molecule has 0 saturated carbocycles. The normalized spacial score (nSPS) is 14.5. The van der Waals surface area contributed by atoms with Crippen molar-refractivity contribution in [2.24, 2.45) is 0 Å². The van der Waals surface area contributed by atoms with Crippen LogP contribution in [0, 0.1) is 0 Å². The second kappa shape index (κ2) is 53.3. The van der Waals surface area contributed by atoms with Crippen molar-refractivity contribution in [2.75, 3.05) is 6.61 Å². The van der Waals surface area contributed by atoms with Crippen molar-refractivity contribution in [3.05, 3.63) is 156 Å². The SMILES string of the molecule is C=C(O[Si](C)(C)O[Si](C)(O[Si](C)(C)O[Si](C)(C)C(=C)[SiH](C)C)c1ccccc1)[SiH](C)C.C=C([SiH](C)C)[Si](C)(C)O[Si](C)(C)O[Si](C)(C)OCC[SiH](C)C.C[SiH](C)O[Si](C)(C)O[SiH](C)C.C[SiH](C)O[Si](C)(C)O[Si](O[SiH](C)C)(c1ccccc1)c1ccccc1.C[Si](C)(O)O[Si](C)(C)O[Si](C)(C)O.C[Si](C)(O)O[Si](C)(C)O[Si](C)(O[Si](C)(C)O)c1ccccc1. The van der Waals surface area contributed by atoms with Crippen LogP contribution in [0.3, 0.4) is 0 Å². The van der Waals surface area contributed by atoms with Crippen LogP contribution >= 0.6 is 0 Å². The maximum absolute atomic E-state index is 10.2. The molecule has 21 nitrogen and oxygen atoms in total. The van der Waals surface area contributed by atoms with E-state index in [2.05, 4.69) is 296 Å². The average molecular weight is 2160 g/mol. The molecule has 0 spiro atoms. The van der Waals surface area contributed by atoms with Crippen LogP contribution in [0.25, 0.3) is 0 Å². The van der Waals surface area contributed by atoms with Crippen LogP contribution in [0.4, 0.5) is 0 Å². The molecule has 0 aliphatic heterocycles. The fraction of sp³-hybridized carbons (Fsp3) is 0.615. The lowest BCUT2D eigenvalue weighted by atomic mass is 10.4. The van der Waals surface area contributed by atoms with Crippen LogP contribution in [0.5, 0.6) is 0 Å². The number of hydrogen-bond acceptors (Lipinski definition) is 21. The van der Waals surface area contributed by atoms with Gasteiger partial charge in [0.15, 0.2) is 52.8 Å². The summed E-state index contributed by atoms with van der Waals surface area (Å²) in [6.07, 6.45) is 0. The van der Waals surface area contributed by atoms with Gasteiger partial charge in [0.25, 0.3) is 0 Å². The lowest BCUT2D eigenvalue weighted by Crippen LogP contribution is -2.69. The van der Waals surface area contributed by atoms with Crippen LogP contribution in [-0.4, -0.2) is 242 Å². The fourth-order valence-electron chi connectivity index (χ4n) is 14.1. The van der Waals surface area contributed by atoms with Gasteiger partial charge in [0.2, 0.25) is 0 Å². The van der Waals surface area contributed by atoms with E-state index in [1.165, 1.54) is 15.7 Å². The molecule has 0 aliphatic rings. The molecule has 2 atom stereocenters. The molecule has 0 bridgehead atoms. The van der Waals surface area contributed by atoms with E-state index in [9.17, 15) is 19.2 Å². The van der Waals surface area contributed by atoms with E-state index in [-0.39, 0.29) is 0 Å². The number of rotatable bonds is 45. The molecule has 0 saturated heterocycles. The quantitative estimate of drug-likeness (QED) is 0.0238. The fourth-order valence-corrected chi connectivity index (χ4v) is 107. The molecule has 0 heterocycles. The van der Waals surface area contributed by atoms with E-state index in [0.717, 1.165) is 32.7 Å². The number of hydrogen-bond donors (Lipinski definition) is 4. The number of benzene rings is 4. The van der Waals surface area contributed by atoms with Gasteiger partial charge in [0.05, 0.1) is 17.6 Å². The average Bonchev–Trinajstić information content (AvgIpc) is 0.757. The molecule has 124 heavy (non-hydrogen) atoms. The highest BCUT2D eigenvalue weighted by Crippen LogP contribution is 2.32. The summed E-state index contributed by atoms with van der Waals surface area (Å²) in [4.78, 5) is 42.2. The highest BCUT2D eigenvalue weighted by Gasteiger charge is 2.53. The molecule has 4 aromatic carbocycles. The van der Waals surface area contributed by atoms with E-state index >= 15 is 0 Å². The Labute approximate surface area is 789 Å². The molecule has 4 aromatic rings. The van der Waals surface area contributed by atoms with Gasteiger partial charge < -0.3 is 89.8 Å². The molecular formula is C78H180O21Si25. The summed E-state index contributed by atoms with van der Waals surface area (Å²) in [5, 5.41) is 5.29. The maximum Gasteiger partial charge on any atom is 0.387 e. The molecule has 0 amide bonds. The van der Waals surface area contributed by atoms with Gasteiger partial charge in [-0.3, -0.25) is 0 Å². The molecule has 2 unspecified atom stereocenters. The summed E-state index contributed by atoms with van der Waals surface area (Å²) < 4.78 is 107. The standard InChI is InChI=1S/C21H44O4Si6.C18H30O3Si4.C14H38O3Si5.C13H28O5Si4.C6H20O4Si3.C6H20O2Si3/c1-19(26(3)4)22-29(9,10)24-31(13,21-17-15-14-16-18-21)25-30(11,12)23-28(7,8)20(2)27(5)6;1-22(2)19-24(5,6)21-25(20-23(3)4,17-13-9-7-10-14-17)18-15-11-8-12-16-18;1-14(19(4)5)20(6,7)16-22(10,11)17-21(8,9)15-12-13-18(2)3;1-19(2,14)16-21(5,6)18-22(7,17-20(3,4)15)13-11-9-8-10-12-13;1-11(2,7)9-13(5,6)10-12(3,4)8;1-9(2)7-11(5,6)8-10(3)4/h14-18,26-27H,1-2H2,3-13H3;7-16,22-23H,1-6H3;18-19H,1,12-13H2,2-11H3;8-12,14-15H,1-7H3;7-8H,1-6H3;9-10H,1-6H3. The Balaban J connectivity index is 0. The molecule has 0 aliphatic carbocycles. The predicted molar refractivity (Wildman–Crippen MR) is 593 cm³/mol. The van der Waals surface area contributed by atoms with E-state index in [1.807, 2.05) is 93.4 Å². The molecule has 0 radical (unpaired) electrons. The molecule has 4 N–H and O–H groups in total. The molecular weight excluding hydrogens is 1970 g/mol. The third-order valence-electron chi connectivity index (χ3n) is 17.1. The van der Waals surface area contributed by atoms with Crippen molar-refractivity contribution >= 4 is 237 Å². The summed E-state index contributed by atoms with van der Waals surface area (Å²) in [7, 11) is -49.1. The van der Waals surface area contributed by atoms with E-state index in [1.54, 1.807) is 52.4 Å². The topological polar surface area (TPSA) is 238 Å². The molecule has 0 aromatic heterocycles. The summed E-state index contributed by atoms with van der Waals surface area (Å²) >= 11 is 0. The third kappa shape index (κ3) is 56.8. The minimum atomic E-state index is -2.84. The van der Waals surface area contributed by atoms with Crippen LogP contribution < -0.4 is 20.7 Å². The lowest BCUT2D eigenvalue weighted by Gasteiger charge is -2.43. The van der Waals surface area contributed by atoms with Gasteiger partial charge in [-0.2, -0.15) is 0 Å². The highest BCUT2D eigenvalue weighted by molar-refractivity contribution is 7.02. The van der Waals surface area contributed by atoms with Crippen molar-refractivity contribution in [3.8, 4) is 0 Å². The first kappa shape index (κ1) is 127. The molecule has 718 valence electrons. The van der Waals surface area contributed by atoms with Crippen LogP contribution in [0.15, 0.2) is 156 Å². The predicted octanol–water partition coefficient (Wildman–Crippen LogP) is 17.4. The van der Waals surface area contributed by atoms with Crippen molar-refractivity contribution in [1.82, 2.24) is 0 Å². The largest absolute Gasteiger partial charge is 0.530 e. The Bertz CT molecular complexity index is 3630. The third-order valence-corrected chi connectivity index (χ3v) is 97.0. The Morgan fingerprint density at radius 2 is 0.524 bits per heavy atom. The van der Waals surface area contributed by atoms with Crippen molar-refractivity contribution in [2.45, 2.75) is 307 Å². The van der Waals surface area contributed by atoms with Gasteiger partial charge in [-0.05, 0) is 276 Å². The van der Waals surface area contributed by atoms with Gasteiger partial charge in [-0.25, -0.2) is 0 Å². The highest BCUT2D eigenvalue weighted by atomic mass is 28.5. The maximum atomic E-state index is 10.2. The van der Waals surface area contributed by atoms with Crippen LogP contribution in [0.1, 0.15) is 0 Å². The molecule has 0 fully saturated rings. The second-order valence-corrected chi connectivity index (χ2v) is 125. The van der Waals surface area contributed by atoms with Gasteiger partial charge in [-0.1, -0.05) is 190 Å². The Morgan fingerprint density at radius 1 is 0.266 bits per heavy atom. The van der Waals surface area contributed by atoms with Gasteiger partial charge >= 0.3 is 128 Å². The Kier molecular flexibility index (Phi) is 54.4. The van der Waals surface area contributed by atoms with Crippen LogP contribution in [-0.2, 0) is 70.6 Å². The molecule has 46 heteroatoms. The van der Waals surface area contributed by atoms with Crippen molar-refractivity contribution in [1.29, 1.82) is 0 Å². The van der Waals surface area contributed by atoms with Crippen molar-refractivity contribution in [3.63, 3.8) is 0 Å². The minimum absolute atomic E-state index is 0.551. The van der Waals surface area contributed by atoms with Crippen molar-refractivity contribution < 1.29 is 89.8 Å². The first-order chi connectivity index (χ1) is 55.3. The zero-order valence-corrected chi connectivity index (χ0v) is 113. The van der Waals surface area contributed by atoms with E-state index in [0.29, 0.717) is 0 Å². The zero-order chi connectivity index (χ0) is 97.7.